The van der Waals surface area contributed by atoms with Gasteiger partial charge in [-0.3, -0.25) is 0 Å². The first kappa shape index (κ1) is 19.4. The molecule has 0 amide bonds. The number of pyridine rings is 1. The van der Waals surface area contributed by atoms with E-state index in [1.807, 2.05) is 30.3 Å². The minimum Gasteiger partial charge on any atom is -0.508 e. The van der Waals surface area contributed by atoms with Gasteiger partial charge in [0.15, 0.2) is 0 Å². The lowest BCUT2D eigenvalue weighted by molar-refractivity contribution is 0.446. The molecule has 0 unspecified atom stereocenters. The predicted octanol–water partition coefficient (Wildman–Crippen LogP) is 7.63. The molecule has 154 valence electrons. The van der Waals surface area contributed by atoms with Crippen LogP contribution in [0.25, 0.3) is 44.5 Å². The van der Waals surface area contributed by atoms with Crippen LogP contribution in [0, 0.1) is 6.92 Å². The number of rotatable bonds is 2. The molecule has 1 N–H and O–H groups in total. The van der Waals surface area contributed by atoms with Crippen molar-refractivity contribution in [3.05, 3.63) is 83.9 Å². The van der Waals surface area contributed by atoms with E-state index >= 15 is 0 Å². The molecule has 0 aliphatic heterocycles. The zero-order chi connectivity index (χ0) is 21.8. The SMILES string of the molecule is Cc1ccccc1-c1cc(-c2ccccc2)c2c(n1)oc1cc(O)c(C(C)(C)C)cc12. The standard InChI is InChI=1S/C28H25NO2/c1-17-10-8-9-13-19(17)23-15-20(18-11-6-5-7-12-18)26-21-14-22(28(2,3)4)24(30)16-25(21)31-27(26)29-23/h5-16,30H,1-4H3. The van der Waals surface area contributed by atoms with Crippen molar-refractivity contribution in [2.24, 2.45) is 0 Å². The molecule has 2 aromatic heterocycles. The summed E-state index contributed by atoms with van der Waals surface area (Å²) in [7, 11) is 0. The number of phenols is 1. The summed E-state index contributed by atoms with van der Waals surface area (Å²) >= 11 is 0. The van der Waals surface area contributed by atoms with E-state index in [2.05, 4.69) is 64.1 Å². The molecule has 0 aliphatic carbocycles. The monoisotopic (exact) mass is 407 g/mol. The van der Waals surface area contributed by atoms with Crippen LogP contribution in [0.5, 0.6) is 5.75 Å². The Morgan fingerprint density at radius 2 is 1.55 bits per heavy atom. The number of nitrogens with zero attached hydrogens (tertiary/aromatic N) is 1. The van der Waals surface area contributed by atoms with Gasteiger partial charge in [-0.2, -0.15) is 0 Å². The normalized spacial score (nSPS) is 12.0. The van der Waals surface area contributed by atoms with Crippen LogP contribution >= 0.6 is 0 Å². The first-order valence-corrected chi connectivity index (χ1v) is 10.5. The van der Waals surface area contributed by atoms with Gasteiger partial charge in [-0.25, -0.2) is 4.98 Å². The first-order chi connectivity index (χ1) is 14.8. The third kappa shape index (κ3) is 3.27. The van der Waals surface area contributed by atoms with Crippen LogP contribution in [0.1, 0.15) is 31.9 Å². The van der Waals surface area contributed by atoms with Gasteiger partial charge in [0, 0.05) is 22.6 Å². The minimum atomic E-state index is -0.191. The summed E-state index contributed by atoms with van der Waals surface area (Å²) in [5, 5.41) is 12.6. The zero-order valence-corrected chi connectivity index (χ0v) is 18.2. The topological polar surface area (TPSA) is 46.3 Å². The molecule has 0 saturated heterocycles. The Balaban J connectivity index is 1.90. The molecule has 0 saturated carbocycles. The van der Waals surface area contributed by atoms with Gasteiger partial charge in [0.1, 0.15) is 11.3 Å². The lowest BCUT2D eigenvalue weighted by atomic mass is 9.85. The molecule has 0 fully saturated rings. The second-order valence-corrected chi connectivity index (χ2v) is 9.13. The summed E-state index contributed by atoms with van der Waals surface area (Å²) in [5.74, 6) is 0.249. The molecule has 0 bridgehead atoms. The number of aromatic nitrogens is 1. The van der Waals surface area contributed by atoms with E-state index in [-0.39, 0.29) is 11.2 Å². The zero-order valence-electron chi connectivity index (χ0n) is 18.2. The molecule has 31 heavy (non-hydrogen) atoms. The lowest BCUT2D eigenvalue weighted by Gasteiger charge is -2.20. The smallest absolute Gasteiger partial charge is 0.228 e. The molecule has 0 aliphatic rings. The number of benzene rings is 3. The number of hydrogen-bond donors (Lipinski definition) is 1. The van der Waals surface area contributed by atoms with Crippen LogP contribution in [0.2, 0.25) is 0 Å². The quantitative estimate of drug-likeness (QED) is 0.327. The Kier molecular flexibility index (Phi) is 4.37. The van der Waals surface area contributed by atoms with Crippen LogP contribution in [-0.2, 0) is 5.41 Å². The number of phenolic OH excluding ortho intramolecular Hbond substituents is 1. The average Bonchev–Trinajstić information content (AvgIpc) is 3.09. The average molecular weight is 408 g/mol. The van der Waals surface area contributed by atoms with E-state index in [1.54, 1.807) is 6.07 Å². The van der Waals surface area contributed by atoms with Gasteiger partial charge < -0.3 is 9.52 Å². The fourth-order valence-corrected chi connectivity index (χ4v) is 4.25. The summed E-state index contributed by atoms with van der Waals surface area (Å²) < 4.78 is 6.19. The molecule has 2 heterocycles. The van der Waals surface area contributed by atoms with Crippen LogP contribution in [-0.4, -0.2) is 10.1 Å². The molecule has 3 aromatic carbocycles. The Labute approximate surface area is 182 Å². The van der Waals surface area contributed by atoms with E-state index in [0.717, 1.165) is 44.3 Å². The van der Waals surface area contributed by atoms with Gasteiger partial charge in [-0.05, 0) is 41.2 Å². The number of furan rings is 1. The van der Waals surface area contributed by atoms with Gasteiger partial charge in [0.2, 0.25) is 5.71 Å². The Bertz CT molecular complexity index is 1420. The highest BCUT2D eigenvalue weighted by Crippen LogP contribution is 2.42. The van der Waals surface area contributed by atoms with Crippen molar-refractivity contribution < 1.29 is 9.52 Å². The summed E-state index contributed by atoms with van der Waals surface area (Å²) in [6.45, 7) is 8.39. The maximum atomic E-state index is 10.6. The van der Waals surface area contributed by atoms with Crippen LogP contribution in [0.15, 0.2) is 77.2 Å². The van der Waals surface area contributed by atoms with Crippen molar-refractivity contribution in [1.82, 2.24) is 4.98 Å². The van der Waals surface area contributed by atoms with E-state index < -0.39 is 0 Å². The lowest BCUT2D eigenvalue weighted by Crippen LogP contribution is -2.11. The number of hydrogen-bond acceptors (Lipinski definition) is 3. The van der Waals surface area contributed by atoms with Crippen molar-refractivity contribution in [2.75, 3.05) is 0 Å². The number of aromatic hydroxyl groups is 1. The molecule has 5 rings (SSSR count). The molecule has 3 nitrogen and oxygen atoms in total. The predicted molar refractivity (Wildman–Crippen MR) is 127 cm³/mol. The Hall–Kier alpha value is -3.59. The fourth-order valence-electron chi connectivity index (χ4n) is 4.25. The summed E-state index contributed by atoms with van der Waals surface area (Å²) in [6.07, 6.45) is 0. The van der Waals surface area contributed by atoms with Crippen molar-refractivity contribution >= 4 is 22.1 Å². The second-order valence-electron chi connectivity index (χ2n) is 9.13. The van der Waals surface area contributed by atoms with Crippen molar-refractivity contribution in [3.63, 3.8) is 0 Å². The van der Waals surface area contributed by atoms with Gasteiger partial charge >= 0.3 is 0 Å². The van der Waals surface area contributed by atoms with Crippen LogP contribution in [0.3, 0.4) is 0 Å². The molecule has 3 heteroatoms. The van der Waals surface area contributed by atoms with Crippen LogP contribution < -0.4 is 0 Å². The third-order valence-electron chi connectivity index (χ3n) is 5.87. The Morgan fingerprint density at radius 1 is 0.839 bits per heavy atom. The van der Waals surface area contributed by atoms with Crippen molar-refractivity contribution in [2.45, 2.75) is 33.1 Å². The first-order valence-electron chi connectivity index (χ1n) is 10.5. The van der Waals surface area contributed by atoms with Crippen molar-refractivity contribution in [3.8, 4) is 28.1 Å². The van der Waals surface area contributed by atoms with E-state index in [4.69, 9.17) is 9.40 Å². The van der Waals surface area contributed by atoms with Crippen LogP contribution in [0.4, 0.5) is 0 Å². The highest BCUT2D eigenvalue weighted by Gasteiger charge is 2.23. The number of fused-ring (bicyclic) bond motifs is 3. The molecule has 0 radical (unpaired) electrons. The largest absolute Gasteiger partial charge is 0.508 e. The fraction of sp³-hybridized carbons (Fsp3) is 0.179. The number of aryl methyl sites for hydroxylation is 1. The van der Waals surface area contributed by atoms with Crippen molar-refractivity contribution in [1.29, 1.82) is 0 Å². The van der Waals surface area contributed by atoms with Gasteiger partial charge in [0.25, 0.3) is 0 Å². The highest BCUT2D eigenvalue weighted by atomic mass is 16.3. The van der Waals surface area contributed by atoms with Gasteiger partial charge in [0.05, 0.1) is 11.1 Å². The van der Waals surface area contributed by atoms with E-state index in [0.29, 0.717) is 11.3 Å². The van der Waals surface area contributed by atoms with E-state index in [1.165, 1.54) is 0 Å². The summed E-state index contributed by atoms with van der Waals surface area (Å²) in [6, 6.07) is 24.5. The van der Waals surface area contributed by atoms with Gasteiger partial charge in [-0.1, -0.05) is 75.4 Å². The maximum Gasteiger partial charge on any atom is 0.228 e. The molecule has 5 aromatic rings. The molecule has 0 spiro atoms. The maximum absolute atomic E-state index is 10.6. The minimum absolute atomic E-state index is 0.191. The molecule has 0 atom stereocenters. The summed E-state index contributed by atoms with van der Waals surface area (Å²) in [4.78, 5) is 4.90. The second kappa shape index (κ2) is 6.98. The highest BCUT2D eigenvalue weighted by molar-refractivity contribution is 6.12. The molecular weight excluding hydrogens is 382 g/mol. The molecular formula is C28H25NO2. The third-order valence-corrected chi connectivity index (χ3v) is 5.87. The van der Waals surface area contributed by atoms with E-state index in [9.17, 15) is 5.11 Å². The van der Waals surface area contributed by atoms with Gasteiger partial charge in [-0.15, -0.1) is 0 Å². The summed E-state index contributed by atoms with van der Waals surface area (Å²) in [5.41, 5.74) is 7.24. The Morgan fingerprint density at radius 3 is 2.26 bits per heavy atom.